The van der Waals surface area contributed by atoms with Crippen molar-refractivity contribution in [3.8, 4) is 5.75 Å². The van der Waals surface area contributed by atoms with Gasteiger partial charge in [0.1, 0.15) is 5.75 Å². The Balaban J connectivity index is 1.38. The third-order valence-corrected chi connectivity index (χ3v) is 8.62. The van der Waals surface area contributed by atoms with E-state index in [0.29, 0.717) is 51.0 Å². The lowest BCUT2D eigenvalue weighted by atomic mass is 10.0. The fraction of sp³-hybridized carbons (Fsp3) is 0.455. The predicted octanol–water partition coefficient (Wildman–Crippen LogP) is 2.20. The number of benzene rings is 1. The Kier molecular flexibility index (Phi) is 6.06. The summed E-state index contributed by atoms with van der Waals surface area (Å²) >= 11 is 0. The maximum Gasteiger partial charge on any atom is 0.253 e. The van der Waals surface area contributed by atoms with Gasteiger partial charge in [-0.2, -0.15) is 0 Å². The Morgan fingerprint density at radius 1 is 1.10 bits per heavy atom. The number of aromatic nitrogens is 1. The molecule has 0 bridgehead atoms. The van der Waals surface area contributed by atoms with Crippen molar-refractivity contribution < 1.29 is 17.9 Å². The molecule has 1 aromatic heterocycles. The molecule has 0 N–H and O–H groups in total. The van der Waals surface area contributed by atoms with E-state index in [0.717, 1.165) is 11.3 Å². The zero-order valence-electron chi connectivity index (χ0n) is 17.1. The Labute approximate surface area is 177 Å². The number of rotatable bonds is 5. The molecular formula is C22H27N3O4S. The van der Waals surface area contributed by atoms with Crippen LogP contribution in [0.4, 0.5) is 0 Å². The van der Waals surface area contributed by atoms with Gasteiger partial charge in [-0.1, -0.05) is 12.1 Å². The van der Waals surface area contributed by atoms with Gasteiger partial charge >= 0.3 is 0 Å². The van der Waals surface area contributed by atoms with E-state index < -0.39 is 15.3 Å². The number of hydrogen-bond donors (Lipinski definition) is 0. The molecule has 2 aliphatic heterocycles. The number of pyridine rings is 1. The Morgan fingerprint density at radius 3 is 2.50 bits per heavy atom. The van der Waals surface area contributed by atoms with Gasteiger partial charge in [0.25, 0.3) is 5.91 Å². The van der Waals surface area contributed by atoms with E-state index in [2.05, 4.69) is 4.98 Å². The molecule has 0 radical (unpaired) electrons. The highest BCUT2D eigenvalue weighted by Gasteiger charge is 2.46. The zero-order valence-corrected chi connectivity index (χ0v) is 17.9. The summed E-state index contributed by atoms with van der Waals surface area (Å²) in [5.41, 5.74) is 1.69. The third kappa shape index (κ3) is 4.20. The van der Waals surface area contributed by atoms with Gasteiger partial charge in [-0.3, -0.25) is 9.78 Å². The lowest BCUT2D eigenvalue weighted by molar-refractivity contribution is 0.0759. The first-order valence-corrected chi connectivity index (χ1v) is 11.8. The van der Waals surface area contributed by atoms with Crippen molar-refractivity contribution in [3.63, 3.8) is 0 Å². The largest absolute Gasteiger partial charge is 0.497 e. The molecule has 0 aliphatic carbocycles. The Bertz CT molecular complexity index is 979. The van der Waals surface area contributed by atoms with Gasteiger partial charge in [0.2, 0.25) is 10.0 Å². The van der Waals surface area contributed by atoms with Crippen LogP contribution >= 0.6 is 0 Å². The topological polar surface area (TPSA) is 79.8 Å². The Hall–Kier alpha value is -2.45. The number of likely N-dealkylation sites (tertiary alicyclic amines) is 1. The minimum absolute atomic E-state index is 0.0499. The molecule has 3 heterocycles. The molecule has 2 atom stereocenters. The summed E-state index contributed by atoms with van der Waals surface area (Å²) in [7, 11) is -1.72. The van der Waals surface area contributed by atoms with Crippen LogP contribution in [0.5, 0.6) is 5.75 Å². The number of amides is 1. The average molecular weight is 430 g/mol. The molecule has 160 valence electrons. The van der Waals surface area contributed by atoms with Gasteiger partial charge in [-0.15, -0.1) is 0 Å². The van der Waals surface area contributed by atoms with Crippen molar-refractivity contribution in [3.05, 3.63) is 59.9 Å². The lowest BCUT2D eigenvalue weighted by Gasteiger charge is -2.22. The molecular weight excluding hydrogens is 402 g/mol. The number of methoxy groups -OCH3 is 1. The molecule has 0 spiro atoms. The summed E-state index contributed by atoms with van der Waals surface area (Å²) in [6.45, 7) is 2.08. The van der Waals surface area contributed by atoms with Gasteiger partial charge in [0, 0.05) is 44.1 Å². The van der Waals surface area contributed by atoms with E-state index in [1.165, 1.54) is 0 Å². The van der Waals surface area contributed by atoms with E-state index in [1.807, 2.05) is 24.3 Å². The van der Waals surface area contributed by atoms with Crippen LogP contribution in [0.2, 0.25) is 0 Å². The Morgan fingerprint density at radius 2 is 1.80 bits per heavy atom. The van der Waals surface area contributed by atoms with Crippen LogP contribution in [0, 0.1) is 5.92 Å². The molecule has 0 unspecified atom stereocenters. The standard InChI is InChI=1S/C22H27N3O4S/c1-29-20-4-2-17(3-5-20)8-15-25-16-19-9-13-24(14-10-21(19)30(25,27)28)22(26)18-6-11-23-12-7-18/h2-7,11-12,19,21H,8-10,13-16H2,1H3/t19-,21-/m1/s1. The highest BCUT2D eigenvalue weighted by molar-refractivity contribution is 7.90. The van der Waals surface area contributed by atoms with Crippen molar-refractivity contribution in [1.29, 1.82) is 0 Å². The zero-order chi connectivity index (χ0) is 21.1. The highest BCUT2D eigenvalue weighted by Crippen LogP contribution is 2.34. The minimum atomic E-state index is -3.35. The van der Waals surface area contributed by atoms with Gasteiger partial charge in [-0.25, -0.2) is 12.7 Å². The molecule has 8 heteroatoms. The number of ether oxygens (including phenoxy) is 1. The van der Waals surface area contributed by atoms with Crippen molar-refractivity contribution in [2.24, 2.45) is 5.92 Å². The predicted molar refractivity (Wildman–Crippen MR) is 114 cm³/mol. The molecule has 7 nitrogen and oxygen atoms in total. The summed E-state index contributed by atoms with van der Waals surface area (Å²) in [5, 5.41) is -0.399. The first-order chi connectivity index (χ1) is 14.5. The monoisotopic (exact) mass is 429 g/mol. The summed E-state index contributed by atoms with van der Waals surface area (Å²) in [6.07, 6.45) is 5.08. The SMILES string of the molecule is COc1ccc(CCN2C[C@H]3CCN(C(=O)c4ccncc4)CC[C@H]3S2(=O)=O)cc1. The first-order valence-electron chi connectivity index (χ1n) is 10.3. The van der Waals surface area contributed by atoms with Crippen molar-refractivity contribution >= 4 is 15.9 Å². The van der Waals surface area contributed by atoms with Crippen molar-refractivity contribution in [2.45, 2.75) is 24.5 Å². The molecule has 1 amide bonds. The summed E-state index contributed by atoms with van der Waals surface area (Å²) < 4.78 is 33.1. The van der Waals surface area contributed by atoms with Crippen LogP contribution in [0.25, 0.3) is 0 Å². The van der Waals surface area contributed by atoms with Gasteiger partial charge in [0.05, 0.1) is 12.4 Å². The molecule has 2 fully saturated rings. The maximum absolute atomic E-state index is 13.1. The van der Waals surface area contributed by atoms with Crippen LogP contribution in [-0.4, -0.2) is 67.1 Å². The van der Waals surface area contributed by atoms with E-state index in [-0.39, 0.29) is 11.8 Å². The van der Waals surface area contributed by atoms with Crippen molar-refractivity contribution in [2.75, 3.05) is 33.3 Å². The highest BCUT2D eigenvalue weighted by atomic mass is 32.2. The smallest absolute Gasteiger partial charge is 0.253 e. The molecule has 2 saturated heterocycles. The lowest BCUT2D eigenvalue weighted by Crippen LogP contribution is -2.35. The maximum atomic E-state index is 13.1. The number of nitrogens with zero attached hydrogens (tertiary/aromatic N) is 3. The molecule has 2 aromatic rings. The first kappa shape index (κ1) is 20.8. The molecule has 30 heavy (non-hydrogen) atoms. The summed E-state index contributed by atoms with van der Waals surface area (Å²) in [6, 6.07) is 11.1. The van der Waals surface area contributed by atoms with E-state index in [9.17, 15) is 13.2 Å². The van der Waals surface area contributed by atoms with Crippen LogP contribution < -0.4 is 4.74 Å². The fourth-order valence-corrected chi connectivity index (χ4v) is 6.68. The van der Waals surface area contributed by atoms with Crippen LogP contribution in [0.1, 0.15) is 28.8 Å². The average Bonchev–Trinajstić information content (AvgIpc) is 2.90. The van der Waals surface area contributed by atoms with E-state index in [4.69, 9.17) is 4.74 Å². The van der Waals surface area contributed by atoms with Gasteiger partial charge < -0.3 is 9.64 Å². The van der Waals surface area contributed by atoms with Crippen molar-refractivity contribution in [1.82, 2.24) is 14.2 Å². The molecule has 4 rings (SSSR count). The summed E-state index contributed by atoms with van der Waals surface area (Å²) in [4.78, 5) is 18.5. The van der Waals surface area contributed by atoms with Crippen LogP contribution in [-0.2, 0) is 16.4 Å². The second-order valence-corrected chi connectivity index (χ2v) is 10.1. The number of fused-ring (bicyclic) bond motifs is 1. The second-order valence-electron chi connectivity index (χ2n) is 7.91. The minimum Gasteiger partial charge on any atom is -0.497 e. The number of hydrogen-bond acceptors (Lipinski definition) is 5. The number of carbonyl (C=O) groups is 1. The third-order valence-electron chi connectivity index (χ3n) is 6.18. The quantitative estimate of drug-likeness (QED) is 0.728. The summed E-state index contributed by atoms with van der Waals surface area (Å²) in [5.74, 6) is 0.813. The van der Waals surface area contributed by atoms with Gasteiger partial charge in [-0.05, 0) is 55.0 Å². The van der Waals surface area contributed by atoms with E-state index >= 15 is 0 Å². The van der Waals surface area contributed by atoms with Crippen LogP contribution in [0.15, 0.2) is 48.8 Å². The van der Waals surface area contributed by atoms with Gasteiger partial charge in [0.15, 0.2) is 0 Å². The van der Waals surface area contributed by atoms with Crippen LogP contribution in [0.3, 0.4) is 0 Å². The fourth-order valence-electron chi connectivity index (χ4n) is 4.44. The number of carbonyl (C=O) groups excluding carboxylic acids is 1. The van der Waals surface area contributed by atoms with E-state index in [1.54, 1.807) is 40.8 Å². The second kappa shape index (κ2) is 8.73. The number of sulfonamides is 1. The molecule has 0 saturated carbocycles. The molecule has 2 aliphatic rings. The normalized spacial score (nSPS) is 23.6. The molecule has 1 aromatic carbocycles.